The summed E-state index contributed by atoms with van der Waals surface area (Å²) in [5, 5.41) is 11.3. The van der Waals surface area contributed by atoms with Crippen LogP contribution in [0, 0.1) is 0 Å². The molecule has 2 aromatic heterocycles. The first kappa shape index (κ1) is 29.4. The predicted octanol–water partition coefficient (Wildman–Crippen LogP) is 6.15. The van der Waals surface area contributed by atoms with Crippen LogP contribution in [0.25, 0.3) is 33.3 Å². The van der Waals surface area contributed by atoms with Gasteiger partial charge in [-0.25, -0.2) is 9.78 Å². The van der Waals surface area contributed by atoms with Gasteiger partial charge in [-0.15, -0.1) is 0 Å². The van der Waals surface area contributed by atoms with Crippen LogP contribution in [0.5, 0.6) is 11.5 Å². The molecule has 1 aliphatic carbocycles. The van der Waals surface area contributed by atoms with E-state index in [0.29, 0.717) is 24.0 Å². The Kier molecular flexibility index (Phi) is 9.16. The zero-order valence-corrected chi connectivity index (χ0v) is 22.5. The number of aliphatic carboxylic acids is 1. The Morgan fingerprint density at radius 3 is 2.22 bits per heavy atom. The summed E-state index contributed by atoms with van der Waals surface area (Å²) < 4.78 is 42.6. The number of carboxylic acids is 1. The maximum atomic E-state index is 12.4. The number of rotatable bonds is 7. The maximum absolute atomic E-state index is 12.4. The van der Waals surface area contributed by atoms with Gasteiger partial charge in [0.15, 0.2) is 11.5 Å². The summed E-state index contributed by atoms with van der Waals surface area (Å²) in [7, 11) is 3.26. The summed E-state index contributed by atoms with van der Waals surface area (Å²) in [6.45, 7) is 0. The Hall–Kier alpha value is -4.54. The smallest absolute Gasteiger partial charge is 0.490 e. The quantitative estimate of drug-likeness (QED) is 0.246. The zero-order chi connectivity index (χ0) is 29.6. The third-order valence-electron chi connectivity index (χ3n) is 6.84. The van der Waals surface area contributed by atoms with Crippen LogP contribution in [0.2, 0.25) is 0 Å². The van der Waals surface area contributed by atoms with E-state index in [4.69, 9.17) is 19.4 Å². The van der Waals surface area contributed by atoms with Crippen LogP contribution >= 0.6 is 0 Å². The minimum Gasteiger partial charge on any atom is -0.493 e. The lowest BCUT2D eigenvalue weighted by molar-refractivity contribution is -0.192. The fraction of sp³-hybridized carbons (Fsp3) is 0.300. The number of carboxylic acid groups (broad SMARTS) is 1. The molecular weight excluding hydrogens is 539 g/mol. The first-order valence-corrected chi connectivity index (χ1v) is 13.0. The largest absolute Gasteiger partial charge is 0.493 e. The van der Waals surface area contributed by atoms with E-state index >= 15 is 0 Å². The van der Waals surface area contributed by atoms with Crippen LogP contribution in [0.4, 0.5) is 13.2 Å². The first-order chi connectivity index (χ1) is 19.6. The number of aromatic nitrogens is 2. The Balaban J connectivity index is 0.000000493. The van der Waals surface area contributed by atoms with E-state index in [2.05, 4.69) is 33.5 Å². The highest BCUT2D eigenvalue weighted by Gasteiger charge is 2.38. The molecule has 1 saturated carbocycles. The molecule has 2 heterocycles. The molecule has 1 fully saturated rings. The number of amides is 1. The van der Waals surface area contributed by atoms with Crippen LogP contribution < -0.4 is 14.8 Å². The first-order valence-electron chi connectivity index (χ1n) is 13.0. The van der Waals surface area contributed by atoms with Gasteiger partial charge in [0.25, 0.3) is 0 Å². The average molecular weight is 570 g/mol. The summed E-state index contributed by atoms with van der Waals surface area (Å²) in [6.07, 6.45) is 3.80. The molecule has 216 valence electrons. The molecule has 5 rings (SSSR count). The number of aromatic amines is 1. The summed E-state index contributed by atoms with van der Waals surface area (Å²) >= 11 is 0. The molecule has 0 unspecified atom stereocenters. The molecule has 11 heteroatoms. The normalized spacial score (nSPS) is 13.4. The van der Waals surface area contributed by atoms with Gasteiger partial charge in [0.2, 0.25) is 5.91 Å². The fourth-order valence-corrected chi connectivity index (χ4v) is 4.75. The Labute approximate surface area is 234 Å². The van der Waals surface area contributed by atoms with E-state index in [-0.39, 0.29) is 5.91 Å². The number of methoxy groups -OCH3 is 2. The van der Waals surface area contributed by atoms with Crippen molar-refractivity contribution in [1.82, 2.24) is 15.3 Å². The lowest BCUT2D eigenvalue weighted by atomic mass is 10.0. The van der Waals surface area contributed by atoms with Crippen molar-refractivity contribution in [3.63, 3.8) is 0 Å². The predicted molar refractivity (Wildman–Crippen MR) is 148 cm³/mol. The minimum absolute atomic E-state index is 0.107. The second-order valence-electron chi connectivity index (χ2n) is 9.62. The third kappa shape index (κ3) is 7.36. The van der Waals surface area contributed by atoms with Gasteiger partial charge < -0.3 is 24.9 Å². The molecule has 1 aliphatic rings. The fourth-order valence-electron chi connectivity index (χ4n) is 4.75. The second kappa shape index (κ2) is 12.8. The molecule has 3 N–H and O–H groups in total. The highest BCUT2D eigenvalue weighted by molar-refractivity contribution is 5.96. The Bertz CT molecular complexity index is 1510. The summed E-state index contributed by atoms with van der Waals surface area (Å²) in [5.41, 5.74) is 6.00. The van der Waals surface area contributed by atoms with E-state index < -0.39 is 12.1 Å². The van der Waals surface area contributed by atoms with E-state index in [0.717, 1.165) is 51.7 Å². The van der Waals surface area contributed by atoms with Gasteiger partial charge >= 0.3 is 12.1 Å². The van der Waals surface area contributed by atoms with Gasteiger partial charge in [-0.05, 0) is 47.7 Å². The number of ether oxygens (including phenoxy) is 2. The van der Waals surface area contributed by atoms with E-state index in [1.54, 1.807) is 14.2 Å². The van der Waals surface area contributed by atoms with Crippen molar-refractivity contribution in [1.29, 1.82) is 0 Å². The van der Waals surface area contributed by atoms with Crippen LogP contribution in [-0.4, -0.2) is 53.4 Å². The Morgan fingerprint density at radius 2 is 1.61 bits per heavy atom. The number of pyridine rings is 1. The van der Waals surface area contributed by atoms with Gasteiger partial charge in [0.1, 0.15) is 5.65 Å². The standard InChI is InChI=1S/C28H29N3O3.C2HF3O2/c1-33-25-12-11-20(15-26(25)34-2)21-14-23-24(17-30-28(23)29-16-21)19-9-7-18(8-10-19)13-27(32)31-22-5-3-4-6-22;3-2(4,5)1(6)7/h7-12,14-17,22H,3-6,13H2,1-2H3,(H,29,30)(H,31,32);(H,6,7). The van der Waals surface area contributed by atoms with Crippen molar-refractivity contribution < 1.29 is 37.3 Å². The van der Waals surface area contributed by atoms with E-state index in [9.17, 15) is 18.0 Å². The SMILES string of the molecule is COc1ccc(-c2cnc3[nH]cc(-c4ccc(CC(=O)NC5CCCC5)cc4)c3c2)cc1OC.O=C(O)C(F)(F)F. The number of fused-ring (bicyclic) bond motifs is 1. The van der Waals surface area contributed by atoms with Crippen LogP contribution in [0.3, 0.4) is 0 Å². The summed E-state index contributed by atoms with van der Waals surface area (Å²) in [5.74, 6) is -1.27. The van der Waals surface area contributed by atoms with Crippen molar-refractivity contribution >= 4 is 22.9 Å². The molecule has 0 radical (unpaired) electrons. The van der Waals surface area contributed by atoms with Crippen LogP contribution in [0.1, 0.15) is 31.2 Å². The number of benzene rings is 2. The number of hydrogen-bond acceptors (Lipinski definition) is 5. The minimum atomic E-state index is -5.08. The summed E-state index contributed by atoms with van der Waals surface area (Å²) in [6, 6.07) is 16.6. The zero-order valence-electron chi connectivity index (χ0n) is 22.5. The topological polar surface area (TPSA) is 114 Å². The van der Waals surface area contributed by atoms with Gasteiger partial charge in [0.05, 0.1) is 20.6 Å². The number of nitrogens with zero attached hydrogens (tertiary/aromatic N) is 1. The van der Waals surface area contributed by atoms with Crippen molar-refractivity contribution in [2.45, 2.75) is 44.3 Å². The van der Waals surface area contributed by atoms with E-state index in [1.165, 1.54) is 12.8 Å². The second-order valence-corrected chi connectivity index (χ2v) is 9.62. The number of hydrogen-bond donors (Lipinski definition) is 3. The molecule has 2 aromatic carbocycles. The van der Waals surface area contributed by atoms with Crippen LogP contribution in [0.15, 0.2) is 60.9 Å². The molecule has 0 aliphatic heterocycles. The molecule has 0 bridgehead atoms. The monoisotopic (exact) mass is 569 g/mol. The van der Waals surface area contributed by atoms with Gasteiger partial charge in [-0.2, -0.15) is 13.2 Å². The highest BCUT2D eigenvalue weighted by Crippen LogP contribution is 2.35. The number of carbonyl (C=O) groups excluding carboxylic acids is 1. The van der Waals surface area contributed by atoms with Crippen molar-refractivity contribution in [3.8, 4) is 33.8 Å². The molecule has 4 aromatic rings. The lowest BCUT2D eigenvalue weighted by Crippen LogP contribution is -2.33. The van der Waals surface area contributed by atoms with Gasteiger partial charge in [-0.3, -0.25) is 4.79 Å². The molecule has 0 atom stereocenters. The summed E-state index contributed by atoms with van der Waals surface area (Å²) in [4.78, 5) is 29.2. The molecule has 41 heavy (non-hydrogen) atoms. The molecule has 0 spiro atoms. The molecule has 8 nitrogen and oxygen atoms in total. The van der Waals surface area contributed by atoms with Gasteiger partial charge in [0, 0.05) is 34.9 Å². The highest BCUT2D eigenvalue weighted by atomic mass is 19.4. The molecule has 0 saturated heterocycles. The third-order valence-corrected chi connectivity index (χ3v) is 6.84. The number of H-pyrrole nitrogens is 1. The molecule has 1 amide bonds. The lowest BCUT2D eigenvalue weighted by Gasteiger charge is -2.12. The van der Waals surface area contributed by atoms with Gasteiger partial charge in [-0.1, -0.05) is 43.2 Å². The van der Waals surface area contributed by atoms with Crippen LogP contribution in [-0.2, 0) is 16.0 Å². The van der Waals surface area contributed by atoms with Crippen molar-refractivity contribution in [2.24, 2.45) is 0 Å². The van der Waals surface area contributed by atoms with Crippen molar-refractivity contribution in [3.05, 3.63) is 66.5 Å². The molecular formula is C30H30F3N3O5. The maximum Gasteiger partial charge on any atom is 0.490 e. The van der Waals surface area contributed by atoms with Crippen molar-refractivity contribution in [2.75, 3.05) is 14.2 Å². The average Bonchev–Trinajstić information content (AvgIpc) is 3.62. The van der Waals surface area contributed by atoms with E-state index in [1.807, 2.05) is 42.7 Å². The number of nitrogens with one attached hydrogen (secondary N) is 2. The number of alkyl halides is 3. The Morgan fingerprint density at radius 1 is 0.976 bits per heavy atom. The number of carbonyl (C=O) groups is 2. The number of halogens is 3.